The molecule has 0 atom stereocenters. The molecule has 0 aliphatic carbocycles. The van der Waals surface area contributed by atoms with Gasteiger partial charge in [-0.1, -0.05) is 42.5 Å². The van der Waals surface area contributed by atoms with Crippen LogP contribution in [0.4, 0.5) is 5.00 Å². The van der Waals surface area contributed by atoms with E-state index < -0.39 is 0 Å². The van der Waals surface area contributed by atoms with Crippen molar-refractivity contribution in [3.05, 3.63) is 60.2 Å². The van der Waals surface area contributed by atoms with Crippen molar-refractivity contribution < 1.29 is 4.74 Å². The van der Waals surface area contributed by atoms with Crippen LogP contribution in [0.25, 0.3) is 21.6 Å². The van der Waals surface area contributed by atoms with Crippen molar-refractivity contribution in [2.45, 2.75) is 20.8 Å². The summed E-state index contributed by atoms with van der Waals surface area (Å²) in [5, 5.41) is 1.37. The number of thiophene rings is 1. The molecule has 0 N–H and O–H groups in total. The summed E-state index contributed by atoms with van der Waals surface area (Å²) in [6.45, 7) is 8.73. The number of benzene rings is 2. The number of anilines is 1. The zero-order valence-corrected chi connectivity index (χ0v) is 16.2. The van der Waals surface area contributed by atoms with Crippen LogP contribution >= 0.6 is 11.3 Å². The largest absolute Gasteiger partial charge is 0.497 e. The topological polar surface area (TPSA) is 12.5 Å². The Labute approximate surface area is 154 Å². The van der Waals surface area contributed by atoms with Crippen molar-refractivity contribution in [2.75, 3.05) is 25.1 Å². The van der Waals surface area contributed by atoms with Gasteiger partial charge < -0.3 is 9.64 Å². The summed E-state index contributed by atoms with van der Waals surface area (Å²) in [5.74, 6) is 0.891. The molecule has 1 aromatic heterocycles. The van der Waals surface area contributed by atoms with Gasteiger partial charge in [-0.05, 0) is 49.6 Å². The molecule has 0 aliphatic rings. The van der Waals surface area contributed by atoms with E-state index in [1.54, 1.807) is 7.11 Å². The fourth-order valence-corrected chi connectivity index (χ4v) is 4.67. The molecule has 3 heteroatoms. The molecule has 3 aromatic rings. The third kappa shape index (κ3) is 3.42. The van der Waals surface area contributed by atoms with Crippen molar-refractivity contribution in [1.29, 1.82) is 0 Å². The molecule has 0 aliphatic heterocycles. The van der Waals surface area contributed by atoms with Crippen molar-refractivity contribution in [1.82, 2.24) is 0 Å². The van der Waals surface area contributed by atoms with Crippen LogP contribution in [-0.2, 0) is 0 Å². The predicted molar refractivity (Wildman–Crippen MR) is 110 cm³/mol. The molecule has 0 spiro atoms. The Bertz CT molecular complexity index is 817. The quantitative estimate of drug-likeness (QED) is 0.521. The molecule has 0 fully saturated rings. The lowest BCUT2D eigenvalue weighted by atomic mass is 9.98. The van der Waals surface area contributed by atoms with E-state index >= 15 is 0 Å². The van der Waals surface area contributed by atoms with Crippen LogP contribution < -0.4 is 9.64 Å². The van der Waals surface area contributed by atoms with Gasteiger partial charge >= 0.3 is 0 Å². The molecule has 0 saturated heterocycles. The lowest BCUT2D eigenvalue weighted by molar-refractivity contribution is 0.415. The highest BCUT2D eigenvalue weighted by Crippen LogP contribution is 2.47. The molecular weight excluding hydrogens is 326 g/mol. The number of nitrogens with zero attached hydrogens (tertiary/aromatic N) is 1. The average molecular weight is 352 g/mol. The summed E-state index contributed by atoms with van der Waals surface area (Å²) in [4.78, 5) is 3.78. The van der Waals surface area contributed by atoms with E-state index in [-0.39, 0.29) is 0 Å². The fraction of sp³-hybridized carbons (Fsp3) is 0.273. The standard InChI is InChI=1S/C22H25NOS/c1-5-23(6-2)22-16(3)20(17-12-14-19(24-4)15-13-17)21(25-22)18-10-8-7-9-11-18/h7-15H,5-6H2,1-4H3. The van der Waals surface area contributed by atoms with Gasteiger partial charge in [-0.3, -0.25) is 0 Å². The predicted octanol–water partition coefficient (Wildman–Crippen LogP) is 6.25. The summed E-state index contributed by atoms with van der Waals surface area (Å²) in [6, 6.07) is 19.1. The van der Waals surface area contributed by atoms with Crippen LogP contribution in [0.15, 0.2) is 54.6 Å². The first kappa shape index (κ1) is 17.6. The molecule has 130 valence electrons. The third-order valence-electron chi connectivity index (χ3n) is 4.59. The van der Waals surface area contributed by atoms with E-state index in [0.29, 0.717) is 0 Å². The molecule has 1 heterocycles. The molecule has 3 rings (SSSR count). The number of ether oxygens (including phenoxy) is 1. The SMILES string of the molecule is CCN(CC)c1sc(-c2ccccc2)c(-c2ccc(OC)cc2)c1C. The van der Waals surface area contributed by atoms with Crippen LogP contribution in [-0.4, -0.2) is 20.2 Å². The Kier molecular flexibility index (Phi) is 5.44. The van der Waals surface area contributed by atoms with Crippen molar-refractivity contribution in [3.8, 4) is 27.3 Å². The first-order valence-corrected chi connectivity index (χ1v) is 9.59. The van der Waals surface area contributed by atoms with Gasteiger partial charge in [0.15, 0.2) is 0 Å². The summed E-state index contributed by atoms with van der Waals surface area (Å²) >= 11 is 1.90. The zero-order chi connectivity index (χ0) is 17.8. The Morgan fingerprint density at radius 2 is 1.52 bits per heavy atom. The molecule has 2 nitrogen and oxygen atoms in total. The molecule has 25 heavy (non-hydrogen) atoms. The Hall–Kier alpha value is -2.26. The van der Waals surface area contributed by atoms with Crippen molar-refractivity contribution in [3.63, 3.8) is 0 Å². The van der Waals surface area contributed by atoms with Crippen LogP contribution in [0.3, 0.4) is 0 Å². The first-order valence-electron chi connectivity index (χ1n) is 8.77. The van der Waals surface area contributed by atoms with E-state index in [1.165, 1.54) is 32.1 Å². The molecule has 0 amide bonds. The van der Waals surface area contributed by atoms with Gasteiger partial charge in [0.2, 0.25) is 0 Å². The van der Waals surface area contributed by atoms with Crippen molar-refractivity contribution >= 4 is 16.3 Å². The maximum atomic E-state index is 5.32. The van der Waals surface area contributed by atoms with Gasteiger partial charge in [0, 0.05) is 23.5 Å². The smallest absolute Gasteiger partial charge is 0.118 e. The maximum absolute atomic E-state index is 5.32. The highest BCUT2D eigenvalue weighted by molar-refractivity contribution is 7.20. The zero-order valence-electron chi connectivity index (χ0n) is 15.4. The maximum Gasteiger partial charge on any atom is 0.118 e. The van der Waals surface area contributed by atoms with Gasteiger partial charge in [-0.2, -0.15) is 0 Å². The fourth-order valence-electron chi connectivity index (χ4n) is 3.21. The van der Waals surface area contributed by atoms with Gasteiger partial charge in [0.1, 0.15) is 5.75 Å². The van der Waals surface area contributed by atoms with Crippen LogP contribution in [0.1, 0.15) is 19.4 Å². The molecule has 0 radical (unpaired) electrons. The van der Waals surface area contributed by atoms with E-state index in [1.807, 2.05) is 23.5 Å². The first-order chi connectivity index (χ1) is 12.2. The van der Waals surface area contributed by atoms with Crippen LogP contribution in [0.2, 0.25) is 0 Å². The second-order valence-electron chi connectivity index (χ2n) is 6.00. The number of rotatable bonds is 6. The molecule has 0 bridgehead atoms. The molecule has 2 aromatic carbocycles. The minimum Gasteiger partial charge on any atom is -0.497 e. The van der Waals surface area contributed by atoms with E-state index in [2.05, 4.69) is 68.1 Å². The summed E-state index contributed by atoms with van der Waals surface area (Å²) in [5.41, 5.74) is 5.21. The van der Waals surface area contributed by atoms with Gasteiger partial charge in [-0.15, -0.1) is 11.3 Å². The molecular formula is C22H25NOS. The normalized spacial score (nSPS) is 10.7. The highest BCUT2D eigenvalue weighted by Gasteiger charge is 2.20. The third-order valence-corrected chi connectivity index (χ3v) is 5.99. The Morgan fingerprint density at radius 1 is 0.880 bits per heavy atom. The van der Waals surface area contributed by atoms with Gasteiger partial charge in [-0.25, -0.2) is 0 Å². The van der Waals surface area contributed by atoms with Crippen LogP contribution in [0.5, 0.6) is 5.75 Å². The molecule has 0 unspecified atom stereocenters. The minimum absolute atomic E-state index is 0.891. The minimum atomic E-state index is 0.891. The van der Waals surface area contributed by atoms with Crippen LogP contribution in [0, 0.1) is 6.92 Å². The number of methoxy groups -OCH3 is 1. The Morgan fingerprint density at radius 3 is 2.08 bits per heavy atom. The van der Waals surface area contributed by atoms with E-state index in [4.69, 9.17) is 4.74 Å². The number of hydrogen-bond donors (Lipinski definition) is 0. The van der Waals surface area contributed by atoms with Gasteiger partial charge in [0.25, 0.3) is 0 Å². The summed E-state index contributed by atoms with van der Waals surface area (Å²) in [7, 11) is 1.71. The second kappa shape index (κ2) is 7.75. The van der Waals surface area contributed by atoms with Crippen molar-refractivity contribution in [2.24, 2.45) is 0 Å². The second-order valence-corrected chi connectivity index (χ2v) is 7.00. The lowest BCUT2D eigenvalue weighted by Gasteiger charge is -2.20. The number of hydrogen-bond acceptors (Lipinski definition) is 3. The van der Waals surface area contributed by atoms with E-state index in [0.717, 1.165) is 18.8 Å². The molecule has 0 saturated carbocycles. The highest BCUT2D eigenvalue weighted by atomic mass is 32.1. The summed E-state index contributed by atoms with van der Waals surface area (Å²) in [6.07, 6.45) is 0. The van der Waals surface area contributed by atoms with Gasteiger partial charge in [0.05, 0.1) is 12.1 Å². The Balaban J connectivity index is 2.20. The monoisotopic (exact) mass is 351 g/mol. The summed E-state index contributed by atoms with van der Waals surface area (Å²) < 4.78 is 5.32. The lowest BCUT2D eigenvalue weighted by Crippen LogP contribution is -2.21. The average Bonchev–Trinajstić information content (AvgIpc) is 3.01. The van der Waals surface area contributed by atoms with E-state index in [9.17, 15) is 0 Å².